The molecule has 2 saturated heterocycles. The van der Waals surface area contributed by atoms with Crippen LogP contribution in [0.5, 0.6) is 5.75 Å². The Bertz CT molecular complexity index is 802. The third-order valence-electron chi connectivity index (χ3n) is 5.08. The first-order valence-corrected chi connectivity index (χ1v) is 8.50. The number of benzene rings is 1. The molecule has 27 heavy (non-hydrogen) atoms. The number of fused-ring (bicyclic) bond motifs is 1. The summed E-state index contributed by atoms with van der Waals surface area (Å²) < 4.78 is 30.3. The van der Waals surface area contributed by atoms with Gasteiger partial charge in [0.05, 0.1) is 11.4 Å². The highest BCUT2D eigenvalue weighted by atomic mass is 35.5. The first-order valence-electron chi connectivity index (χ1n) is 8.50. The second-order valence-electron chi connectivity index (χ2n) is 6.70. The second kappa shape index (κ2) is 7.77. The molecule has 1 N–H and O–H groups in total. The quantitative estimate of drug-likeness (QED) is 0.850. The molecule has 2 atom stereocenters. The Kier molecular flexibility index (Phi) is 5.61. The summed E-state index contributed by atoms with van der Waals surface area (Å²) in [6.45, 7) is 2.29. The van der Waals surface area contributed by atoms with Crippen molar-refractivity contribution >= 4 is 18.3 Å². The van der Waals surface area contributed by atoms with Crippen LogP contribution in [0.3, 0.4) is 0 Å². The lowest BCUT2D eigenvalue weighted by Crippen LogP contribution is -2.32. The average molecular weight is 400 g/mol. The molecule has 2 aliphatic rings. The largest absolute Gasteiger partial charge is 0.435 e. The van der Waals surface area contributed by atoms with Crippen LogP contribution >= 0.6 is 12.4 Å². The molecular weight excluding hydrogens is 380 g/mol. The van der Waals surface area contributed by atoms with Crippen molar-refractivity contribution < 1.29 is 18.3 Å². The maximum Gasteiger partial charge on any atom is 0.387 e. The number of hydrogen-bond donors (Lipinski definition) is 1. The minimum atomic E-state index is -2.87. The average Bonchev–Trinajstić information content (AvgIpc) is 3.29. The number of ether oxygens (including phenoxy) is 1. The minimum absolute atomic E-state index is 0. The van der Waals surface area contributed by atoms with Gasteiger partial charge >= 0.3 is 6.61 Å². The molecule has 4 rings (SSSR count). The summed E-state index contributed by atoms with van der Waals surface area (Å²) in [6.07, 6.45) is 0. The molecule has 0 saturated carbocycles. The van der Waals surface area contributed by atoms with Gasteiger partial charge in [0.1, 0.15) is 5.75 Å². The number of hydrogen-bond acceptors (Lipinski definition) is 5. The molecule has 10 heteroatoms. The number of carbonyl (C=O) groups is 1. The van der Waals surface area contributed by atoms with Crippen LogP contribution in [0.15, 0.2) is 24.3 Å². The van der Waals surface area contributed by atoms with Gasteiger partial charge in [-0.15, -0.1) is 17.5 Å². The Morgan fingerprint density at radius 2 is 1.85 bits per heavy atom. The first kappa shape index (κ1) is 19.5. The number of aromatic nitrogens is 3. The summed E-state index contributed by atoms with van der Waals surface area (Å²) in [5.41, 5.74) is 1.57. The van der Waals surface area contributed by atoms with E-state index in [1.54, 1.807) is 19.1 Å². The number of amides is 1. The predicted molar refractivity (Wildman–Crippen MR) is 95.7 cm³/mol. The maximum absolute atomic E-state index is 12.8. The van der Waals surface area contributed by atoms with Crippen molar-refractivity contribution in [2.75, 3.05) is 26.2 Å². The van der Waals surface area contributed by atoms with Gasteiger partial charge in [0, 0.05) is 26.2 Å². The molecule has 1 amide bonds. The smallest absolute Gasteiger partial charge is 0.387 e. The summed E-state index contributed by atoms with van der Waals surface area (Å²) in [4.78, 5) is 14.6. The van der Waals surface area contributed by atoms with Gasteiger partial charge in [-0.3, -0.25) is 4.79 Å². The van der Waals surface area contributed by atoms with Crippen LogP contribution < -0.4 is 10.1 Å². The molecule has 146 valence electrons. The molecule has 1 aromatic heterocycles. The molecular formula is C17H20ClF2N5O2. The molecule has 0 spiro atoms. The number of halogens is 3. The second-order valence-corrected chi connectivity index (χ2v) is 6.70. The topological polar surface area (TPSA) is 72.3 Å². The summed E-state index contributed by atoms with van der Waals surface area (Å²) in [6, 6.07) is 6.05. The number of carbonyl (C=O) groups excluding carboxylic acids is 1. The maximum atomic E-state index is 12.8. The van der Waals surface area contributed by atoms with Crippen molar-refractivity contribution in [3.63, 3.8) is 0 Å². The number of nitrogens with zero attached hydrogens (tertiary/aromatic N) is 4. The Hall–Kier alpha value is -2.26. The lowest BCUT2D eigenvalue weighted by atomic mass is 10.0. The SMILES string of the molecule is Cc1c(C(=O)N2C[C@H]3CNC[C@H]3C2)nnn1-c1ccc(OC(F)F)cc1.Cl. The fourth-order valence-electron chi connectivity index (χ4n) is 3.71. The lowest BCUT2D eigenvalue weighted by molar-refractivity contribution is -0.0498. The van der Waals surface area contributed by atoms with Crippen LogP contribution in [0.2, 0.25) is 0 Å². The minimum Gasteiger partial charge on any atom is -0.435 e. The van der Waals surface area contributed by atoms with E-state index in [2.05, 4.69) is 20.4 Å². The summed E-state index contributed by atoms with van der Waals surface area (Å²) in [7, 11) is 0. The molecule has 0 bridgehead atoms. The standard InChI is InChI=1S/C17H19F2N5O2.ClH/c1-10-15(16(25)23-8-11-6-20-7-12(11)9-23)21-22-24(10)13-2-4-14(5-3-13)26-17(18)19;/h2-5,11-12,17,20H,6-9H2,1H3;1H/t11-,12+;. The Balaban J connectivity index is 0.00000210. The third-order valence-corrected chi connectivity index (χ3v) is 5.08. The summed E-state index contributed by atoms with van der Waals surface area (Å²) >= 11 is 0. The van der Waals surface area contributed by atoms with Crippen molar-refractivity contribution in [2.45, 2.75) is 13.5 Å². The monoisotopic (exact) mass is 399 g/mol. The van der Waals surface area contributed by atoms with E-state index < -0.39 is 6.61 Å². The van der Waals surface area contributed by atoms with Crippen molar-refractivity contribution in [3.8, 4) is 11.4 Å². The first-order chi connectivity index (χ1) is 12.5. The van der Waals surface area contributed by atoms with Gasteiger partial charge < -0.3 is 15.0 Å². The van der Waals surface area contributed by atoms with E-state index in [0.717, 1.165) is 26.2 Å². The number of alkyl halides is 2. The van der Waals surface area contributed by atoms with Crippen LogP contribution in [0, 0.1) is 18.8 Å². The number of likely N-dealkylation sites (tertiary alicyclic amines) is 1. The van der Waals surface area contributed by atoms with Gasteiger partial charge in [-0.2, -0.15) is 8.78 Å². The zero-order valence-electron chi connectivity index (χ0n) is 14.6. The molecule has 0 radical (unpaired) electrons. The predicted octanol–water partition coefficient (Wildman–Crippen LogP) is 1.89. The van der Waals surface area contributed by atoms with Crippen LogP contribution in [-0.4, -0.2) is 58.6 Å². The van der Waals surface area contributed by atoms with Crippen LogP contribution in [-0.2, 0) is 0 Å². The van der Waals surface area contributed by atoms with E-state index in [0.29, 0.717) is 28.9 Å². The Morgan fingerprint density at radius 1 is 1.22 bits per heavy atom. The van der Waals surface area contributed by atoms with Crippen molar-refractivity contribution in [1.82, 2.24) is 25.2 Å². The van der Waals surface area contributed by atoms with E-state index in [4.69, 9.17) is 0 Å². The fraction of sp³-hybridized carbons (Fsp3) is 0.471. The zero-order valence-corrected chi connectivity index (χ0v) is 15.5. The lowest BCUT2D eigenvalue weighted by Gasteiger charge is -2.16. The highest BCUT2D eigenvalue weighted by Gasteiger charge is 2.39. The molecule has 2 aliphatic heterocycles. The normalized spacial score (nSPS) is 21.3. The highest BCUT2D eigenvalue weighted by molar-refractivity contribution is 5.93. The van der Waals surface area contributed by atoms with E-state index in [1.807, 2.05) is 4.90 Å². The van der Waals surface area contributed by atoms with Crippen molar-refractivity contribution in [2.24, 2.45) is 11.8 Å². The number of rotatable bonds is 4. The van der Waals surface area contributed by atoms with Crippen LogP contribution in [0.25, 0.3) is 5.69 Å². The Morgan fingerprint density at radius 3 is 2.44 bits per heavy atom. The van der Waals surface area contributed by atoms with Gasteiger partial charge in [0.2, 0.25) is 0 Å². The summed E-state index contributed by atoms with van der Waals surface area (Å²) in [5.74, 6) is 0.976. The van der Waals surface area contributed by atoms with Gasteiger partial charge in [-0.1, -0.05) is 5.21 Å². The van der Waals surface area contributed by atoms with Crippen LogP contribution in [0.1, 0.15) is 16.2 Å². The third kappa shape index (κ3) is 3.74. The zero-order chi connectivity index (χ0) is 18.3. The highest BCUT2D eigenvalue weighted by Crippen LogP contribution is 2.28. The molecule has 2 aromatic rings. The molecule has 0 aliphatic carbocycles. The summed E-state index contributed by atoms with van der Waals surface area (Å²) in [5, 5.41) is 11.5. The van der Waals surface area contributed by atoms with Crippen molar-refractivity contribution in [1.29, 1.82) is 0 Å². The molecule has 1 aromatic carbocycles. The van der Waals surface area contributed by atoms with Crippen molar-refractivity contribution in [3.05, 3.63) is 35.7 Å². The van der Waals surface area contributed by atoms with E-state index in [1.165, 1.54) is 16.8 Å². The van der Waals surface area contributed by atoms with Gasteiger partial charge in [-0.05, 0) is 43.0 Å². The number of nitrogens with one attached hydrogen (secondary N) is 1. The van der Waals surface area contributed by atoms with Crippen LogP contribution in [0.4, 0.5) is 8.78 Å². The van der Waals surface area contributed by atoms with Gasteiger partial charge in [0.25, 0.3) is 5.91 Å². The van der Waals surface area contributed by atoms with Gasteiger partial charge in [-0.25, -0.2) is 4.68 Å². The van der Waals surface area contributed by atoms with E-state index in [9.17, 15) is 13.6 Å². The fourth-order valence-corrected chi connectivity index (χ4v) is 3.71. The molecule has 7 nitrogen and oxygen atoms in total. The molecule has 2 fully saturated rings. The molecule has 3 heterocycles. The Labute approximate surface area is 161 Å². The van der Waals surface area contributed by atoms with E-state index >= 15 is 0 Å². The molecule has 0 unspecified atom stereocenters. The van der Waals surface area contributed by atoms with Gasteiger partial charge in [0.15, 0.2) is 5.69 Å². The van der Waals surface area contributed by atoms with E-state index in [-0.39, 0.29) is 24.1 Å².